The highest BCUT2D eigenvalue weighted by Gasteiger charge is 2.57. The zero-order valence-electron chi connectivity index (χ0n) is 21.1. The number of rotatable bonds is 8. The van der Waals surface area contributed by atoms with Gasteiger partial charge >= 0.3 is 5.97 Å². The normalized spacial score (nSPS) is 24.5. The van der Waals surface area contributed by atoms with Gasteiger partial charge in [0, 0.05) is 24.6 Å². The Kier molecular flexibility index (Phi) is 7.10. The molecule has 2 atom stereocenters. The van der Waals surface area contributed by atoms with Crippen molar-refractivity contribution in [1.29, 1.82) is 0 Å². The van der Waals surface area contributed by atoms with Gasteiger partial charge in [-0.05, 0) is 48.8 Å². The van der Waals surface area contributed by atoms with Gasteiger partial charge < -0.3 is 24.4 Å². The number of ether oxygens (including phenoxy) is 3. The zero-order chi connectivity index (χ0) is 25.2. The molecule has 2 heterocycles. The first-order valence-corrected chi connectivity index (χ1v) is 12.4. The molecule has 1 fully saturated rings. The molecule has 190 valence electrons. The summed E-state index contributed by atoms with van der Waals surface area (Å²) in [5.74, 6) is 0.0349. The molecule has 8 nitrogen and oxygen atoms in total. The molecule has 8 heteroatoms. The number of esters is 1. The molecule has 0 radical (unpaired) electrons. The van der Waals surface area contributed by atoms with Crippen LogP contribution in [0.15, 0.2) is 30.0 Å². The first kappa shape index (κ1) is 25.1. The molecular formula is C27H36N2O6. The lowest BCUT2D eigenvalue weighted by Gasteiger charge is -2.51. The van der Waals surface area contributed by atoms with Crippen molar-refractivity contribution in [1.82, 2.24) is 10.2 Å². The van der Waals surface area contributed by atoms with E-state index in [1.165, 1.54) is 7.11 Å². The van der Waals surface area contributed by atoms with Crippen LogP contribution in [0.1, 0.15) is 64.9 Å². The van der Waals surface area contributed by atoms with Crippen molar-refractivity contribution in [3.8, 4) is 11.5 Å². The second kappa shape index (κ2) is 9.91. The van der Waals surface area contributed by atoms with E-state index in [2.05, 4.69) is 26.1 Å². The fraction of sp³-hybridized carbons (Fsp3) is 0.593. The number of carbonyl (C=O) groups is 3. The number of likely N-dealkylation sites (tertiary alicyclic amines) is 1. The molecular weight excluding hydrogens is 448 g/mol. The van der Waals surface area contributed by atoms with E-state index in [-0.39, 0.29) is 49.4 Å². The van der Waals surface area contributed by atoms with Crippen molar-refractivity contribution in [2.24, 2.45) is 16.7 Å². The number of carbonyl (C=O) groups excluding carboxylic acids is 3. The van der Waals surface area contributed by atoms with Crippen LogP contribution in [0.4, 0.5) is 0 Å². The van der Waals surface area contributed by atoms with E-state index in [4.69, 9.17) is 14.2 Å². The molecule has 3 aliphatic rings. The number of hydrogen-bond acceptors (Lipinski definition) is 6. The number of allylic oxidation sites excluding steroid dienone is 1. The third-order valence-electron chi connectivity index (χ3n) is 7.26. The van der Waals surface area contributed by atoms with Crippen molar-refractivity contribution in [2.45, 2.75) is 65.8 Å². The maximum atomic E-state index is 13.8. The SMILES string of the molecule is CCCCNC(=O)C[C@@H]1C[C@@]2(C(=O)OC)CC(C)(C)CC=C2N(Cc2ccc3c(c2)OCO3)C1=O. The maximum absolute atomic E-state index is 13.8. The first-order valence-electron chi connectivity index (χ1n) is 12.4. The van der Waals surface area contributed by atoms with Crippen LogP contribution in [0.2, 0.25) is 0 Å². The van der Waals surface area contributed by atoms with Gasteiger partial charge in [-0.3, -0.25) is 14.4 Å². The molecule has 0 bridgehead atoms. The smallest absolute Gasteiger partial charge is 0.317 e. The van der Waals surface area contributed by atoms with E-state index in [1.54, 1.807) is 4.90 Å². The van der Waals surface area contributed by atoms with Gasteiger partial charge in [-0.25, -0.2) is 0 Å². The Balaban J connectivity index is 1.69. The third kappa shape index (κ3) is 5.02. The molecule has 0 spiro atoms. The molecule has 35 heavy (non-hydrogen) atoms. The Morgan fingerprint density at radius 2 is 2.00 bits per heavy atom. The van der Waals surface area contributed by atoms with Crippen LogP contribution >= 0.6 is 0 Å². The van der Waals surface area contributed by atoms with Crippen LogP contribution in [0.3, 0.4) is 0 Å². The van der Waals surface area contributed by atoms with Crippen molar-refractivity contribution < 1.29 is 28.6 Å². The molecule has 0 unspecified atom stereocenters. The standard InChI is InChI=1S/C27H36N2O6/c1-5-6-11-28-23(30)13-19-14-27(25(32)33-4)16-26(2,3)10-9-22(27)29(24(19)31)15-18-7-8-20-21(12-18)35-17-34-20/h7-9,12,19H,5-6,10-11,13-17H2,1-4H3,(H,28,30)/t19-,27-/m1/s1. The van der Waals surface area contributed by atoms with Gasteiger partial charge in [-0.15, -0.1) is 0 Å². The molecule has 4 rings (SSSR count). The van der Waals surface area contributed by atoms with Crippen LogP contribution in [0.25, 0.3) is 0 Å². The fourth-order valence-electron chi connectivity index (χ4n) is 5.64. The van der Waals surface area contributed by atoms with Crippen molar-refractivity contribution in [2.75, 3.05) is 20.4 Å². The van der Waals surface area contributed by atoms with Gasteiger partial charge in [0.1, 0.15) is 5.41 Å². The molecule has 1 aliphatic carbocycles. The molecule has 0 aromatic heterocycles. The van der Waals surface area contributed by atoms with Crippen LogP contribution in [-0.4, -0.2) is 43.1 Å². The van der Waals surface area contributed by atoms with E-state index in [1.807, 2.05) is 24.3 Å². The van der Waals surface area contributed by atoms with Crippen molar-refractivity contribution in [3.63, 3.8) is 0 Å². The summed E-state index contributed by atoms with van der Waals surface area (Å²) in [5.41, 5.74) is 0.431. The first-order chi connectivity index (χ1) is 16.7. The van der Waals surface area contributed by atoms with E-state index in [9.17, 15) is 14.4 Å². The Morgan fingerprint density at radius 1 is 1.23 bits per heavy atom. The summed E-state index contributed by atoms with van der Waals surface area (Å²) in [4.78, 5) is 41.6. The minimum atomic E-state index is -0.977. The minimum Gasteiger partial charge on any atom is -0.468 e. The van der Waals surface area contributed by atoms with Gasteiger partial charge in [0.15, 0.2) is 11.5 Å². The summed E-state index contributed by atoms with van der Waals surface area (Å²) in [5, 5.41) is 2.92. The number of methoxy groups -OCH3 is 1. The van der Waals surface area contributed by atoms with E-state index >= 15 is 0 Å². The molecule has 2 aliphatic heterocycles. The van der Waals surface area contributed by atoms with E-state index in [0.717, 1.165) is 24.8 Å². The Morgan fingerprint density at radius 3 is 2.74 bits per heavy atom. The number of hydrogen-bond donors (Lipinski definition) is 1. The summed E-state index contributed by atoms with van der Waals surface area (Å²) in [6.45, 7) is 7.32. The van der Waals surface area contributed by atoms with Crippen LogP contribution in [0, 0.1) is 16.7 Å². The van der Waals surface area contributed by atoms with Gasteiger partial charge in [0.05, 0.1) is 13.7 Å². The number of fused-ring (bicyclic) bond motifs is 2. The topological polar surface area (TPSA) is 94.2 Å². The monoisotopic (exact) mass is 484 g/mol. The number of unbranched alkanes of at least 4 members (excludes halogenated alkanes) is 1. The minimum absolute atomic E-state index is 0.0483. The highest BCUT2D eigenvalue weighted by Crippen LogP contribution is 2.55. The predicted molar refractivity (Wildman–Crippen MR) is 129 cm³/mol. The third-order valence-corrected chi connectivity index (χ3v) is 7.26. The lowest BCUT2D eigenvalue weighted by atomic mass is 9.59. The summed E-state index contributed by atoms with van der Waals surface area (Å²) in [6, 6.07) is 5.59. The Bertz CT molecular complexity index is 1030. The van der Waals surface area contributed by atoms with Gasteiger partial charge in [-0.1, -0.05) is 39.3 Å². The lowest BCUT2D eigenvalue weighted by molar-refractivity contribution is -0.162. The second-order valence-electron chi connectivity index (χ2n) is 10.6. The molecule has 0 saturated carbocycles. The van der Waals surface area contributed by atoms with E-state index in [0.29, 0.717) is 30.2 Å². The quantitative estimate of drug-likeness (QED) is 0.444. The molecule has 1 saturated heterocycles. The fourth-order valence-corrected chi connectivity index (χ4v) is 5.64. The number of nitrogens with zero attached hydrogens (tertiary/aromatic N) is 1. The van der Waals surface area contributed by atoms with Crippen LogP contribution < -0.4 is 14.8 Å². The van der Waals surface area contributed by atoms with Gasteiger partial charge in [-0.2, -0.15) is 0 Å². The van der Waals surface area contributed by atoms with Crippen molar-refractivity contribution >= 4 is 17.8 Å². The van der Waals surface area contributed by atoms with Crippen molar-refractivity contribution in [3.05, 3.63) is 35.5 Å². The molecule has 2 amide bonds. The zero-order valence-corrected chi connectivity index (χ0v) is 21.1. The number of amides is 2. The number of benzene rings is 1. The molecule has 1 aromatic carbocycles. The summed E-state index contributed by atoms with van der Waals surface area (Å²) >= 11 is 0. The summed E-state index contributed by atoms with van der Waals surface area (Å²) < 4.78 is 16.2. The Labute approximate surface area is 207 Å². The predicted octanol–water partition coefficient (Wildman–Crippen LogP) is 3.93. The largest absolute Gasteiger partial charge is 0.468 e. The summed E-state index contributed by atoms with van der Waals surface area (Å²) in [7, 11) is 1.39. The highest BCUT2D eigenvalue weighted by atomic mass is 16.7. The molecule has 1 aromatic rings. The maximum Gasteiger partial charge on any atom is 0.317 e. The average Bonchev–Trinajstić information content (AvgIpc) is 3.28. The van der Waals surface area contributed by atoms with Crippen LogP contribution in [-0.2, 0) is 25.7 Å². The van der Waals surface area contributed by atoms with Crippen LogP contribution in [0.5, 0.6) is 11.5 Å². The lowest BCUT2D eigenvalue weighted by Crippen LogP contribution is -2.55. The average molecular weight is 485 g/mol. The summed E-state index contributed by atoms with van der Waals surface area (Å²) in [6.07, 6.45) is 5.49. The highest BCUT2D eigenvalue weighted by molar-refractivity contribution is 5.92. The van der Waals surface area contributed by atoms with Gasteiger partial charge in [0.2, 0.25) is 18.6 Å². The number of piperidine rings is 1. The van der Waals surface area contributed by atoms with Gasteiger partial charge in [0.25, 0.3) is 0 Å². The number of nitrogens with one attached hydrogen (secondary N) is 1. The Hall–Kier alpha value is -3.03. The molecule has 1 N–H and O–H groups in total. The second-order valence-corrected chi connectivity index (χ2v) is 10.6. The van der Waals surface area contributed by atoms with E-state index < -0.39 is 11.3 Å².